The van der Waals surface area contributed by atoms with E-state index >= 15 is 0 Å². The lowest BCUT2D eigenvalue weighted by atomic mass is 10.0. The number of nitrogens with one attached hydrogen (secondary N) is 2. The van der Waals surface area contributed by atoms with Crippen LogP contribution in [0.5, 0.6) is 0 Å². The smallest absolute Gasteiger partial charge is 0.325 e. The lowest BCUT2D eigenvalue weighted by Gasteiger charge is -2.31. The number of hydrogen-bond donors (Lipinski definition) is 3. The molecule has 0 radical (unpaired) electrons. The lowest BCUT2D eigenvalue weighted by Crippen LogP contribution is -2.39. The van der Waals surface area contributed by atoms with Crippen molar-refractivity contribution < 1.29 is 14.7 Å². The van der Waals surface area contributed by atoms with E-state index in [0.29, 0.717) is 5.69 Å². The summed E-state index contributed by atoms with van der Waals surface area (Å²) in [6.07, 6.45) is 1.78. The van der Waals surface area contributed by atoms with Crippen molar-refractivity contribution in [3.63, 3.8) is 0 Å². The highest BCUT2D eigenvalue weighted by Crippen LogP contribution is 2.31. The zero-order chi connectivity index (χ0) is 18.0. The molecule has 1 saturated heterocycles. The van der Waals surface area contributed by atoms with Crippen molar-refractivity contribution in [1.82, 2.24) is 9.88 Å². The van der Waals surface area contributed by atoms with E-state index in [1.54, 1.807) is 6.20 Å². The fourth-order valence-electron chi connectivity index (χ4n) is 3.06. The number of carbonyl (C=O) groups is 2. The number of anilines is 1. The number of aromatic nitrogens is 1. The molecule has 0 unspecified atom stereocenters. The molecule has 0 spiro atoms. The first kappa shape index (κ1) is 17.8. The Balaban J connectivity index is 1.91. The number of carboxylic acids is 1. The number of aromatic amines is 1. The molecule has 3 N–H and O–H groups in total. The first-order valence-electron chi connectivity index (χ1n) is 8.44. The summed E-state index contributed by atoms with van der Waals surface area (Å²) in [5, 5.41) is 13.5. The quantitative estimate of drug-likeness (QED) is 0.762. The van der Waals surface area contributed by atoms with Gasteiger partial charge in [0.15, 0.2) is 0 Å². The van der Waals surface area contributed by atoms with Crippen molar-refractivity contribution >= 4 is 40.2 Å². The topological polar surface area (TPSA) is 85.4 Å². The Kier molecular flexibility index (Phi) is 5.34. The molecule has 1 aromatic carbocycles. The maximum absolute atomic E-state index is 11.9. The third-order valence-electron chi connectivity index (χ3n) is 4.44. The highest BCUT2D eigenvalue weighted by Gasteiger charge is 2.30. The highest BCUT2D eigenvalue weighted by atomic mass is 32.2. The van der Waals surface area contributed by atoms with Crippen LogP contribution in [0.3, 0.4) is 0 Å². The summed E-state index contributed by atoms with van der Waals surface area (Å²) in [7, 11) is 0. The minimum Gasteiger partial charge on any atom is -0.480 e. The fourth-order valence-corrected chi connectivity index (χ4v) is 3.99. The number of aliphatic carboxylic acids is 1. The summed E-state index contributed by atoms with van der Waals surface area (Å²) in [4.78, 5) is 28.9. The Morgan fingerprint density at radius 3 is 2.64 bits per heavy atom. The number of hydrogen-bond acceptors (Lipinski definition) is 4. The van der Waals surface area contributed by atoms with E-state index in [-0.39, 0.29) is 11.8 Å². The van der Waals surface area contributed by atoms with Crippen molar-refractivity contribution in [1.29, 1.82) is 0 Å². The molecule has 1 fully saturated rings. The minimum atomic E-state index is -0.829. The molecule has 1 aliphatic heterocycles. The number of fused-ring (bicyclic) bond motifs is 1. The monoisotopic (exact) mass is 361 g/mol. The molecule has 134 valence electrons. The molecular formula is C18H23N3O3S. The molecule has 1 amide bonds. The first-order chi connectivity index (χ1) is 12.0. The van der Waals surface area contributed by atoms with E-state index in [4.69, 9.17) is 0 Å². The van der Waals surface area contributed by atoms with E-state index in [0.717, 1.165) is 41.1 Å². The summed E-state index contributed by atoms with van der Waals surface area (Å²) < 4.78 is 0. The number of amides is 1. The summed E-state index contributed by atoms with van der Waals surface area (Å²) in [5.74, 6) is 0.947. The van der Waals surface area contributed by atoms with Gasteiger partial charge in [0.25, 0.3) is 0 Å². The van der Waals surface area contributed by atoms with Gasteiger partial charge in [-0.05, 0) is 12.1 Å². The van der Waals surface area contributed by atoms with Gasteiger partial charge < -0.3 is 15.4 Å². The van der Waals surface area contributed by atoms with Gasteiger partial charge in [-0.15, -0.1) is 0 Å². The molecule has 7 heteroatoms. The third kappa shape index (κ3) is 3.82. The molecule has 0 bridgehead atoms. The van der Waals surface area contributed by atoms with Gasteiger partial charge in [-0.25, -0.2) is 0 Å². The van der Waals surface area contributed by atoms with Crippen molar-refractivity contribution in [3.8, 4) is 0 Å². The number of H-pyrrole nitrogens is 1. The number of rotatable bonds is 5. The number of benzene rings is 1. The van der Waals surface area contributed by atoms with E-state index in [9.17, 15) is 14.7 Å². The van der Waals surface area contributed by atoms with Gasteiger partial charge in [0, 0.05) is 58.9 Å². The van der Waals surface area contributed by atoms with E-state index in [2.05, 4.69) is 10.3 Å². The molecular weight excluding hydrogens is 338 g/mol. The predicted molar refractivity (Wildman–Crippen MR) is 101 cm³/mol. The zero-order valence-electron chi connectivity index (χ0n) is 14.4. The van der Waals surface area contributed by atoms with Crippen LogP contribution < -0.4 is 5.32 Å². The van der Waals surface area contributed by atoms with Crippen LogP contribution >= 0.6 is 11.8 Å². The van der Waals surface area contributed by atoms with Crippen LogP contribution in [0.15, 0.2) is 24.4 Å². The van der Waals surface area contributed by atoms with Gasteiger partial charge in [-0.2, -0.15) is 11.8 Å². The Hall–Kier alpha value is -1.99. The maximum Gasteiger partial charge on any atom is 0.325 e. The molecule has 2 heterocycles. The van der Waals surface area contributed by atoms with E-state index in [1.165, 1.54) is 0 Å². The molecule has 6 nitrogen and oxygen atoms in total. The van der Waals surface area contributed by atoms with Crippen LogP contribution in [0.25, 0.3) is 10.9 Å². The van der Waals surface area contributed by atoms with Gasteiger partial charge in [0.05, 0.1) is 0 Å². The standard InChI is InChI=1S/C18H23N3O3S/c1-11(2)17(22)20-12-3-4-13-14(10-19-15(13)9-12)16(18(23)24)21-5-7-25-8-6-21/h3-4,9-11,16,19H,5-8H2,1-2H3,(H,20,22)(H,23,24)/t16-/m0/s1. The molecule has 0 saturated carbocycles. The van der Waals surface area contributed by atoms with Crippen LogP contribution in [0.2, 0.25) is 0 Å². The number of carboxylic acid groups (broad SMARTS) is 1. The summed E-state index contributed by atoms with van der Waals surface area (Å²) in [6, 6.07) is 4.91. The Bertz CT molecular complexity index is 781. The maximum atomic E-state index is 11.9. The second kappa shape index (κ2) is 7.49. The van der Waals surface area contributed by atoms with Gasteiger partial charge in [-0.1, -0.05) is 19.9 Å². The molecule has 1 aliphatic rings. The second-order valence-electron chi connectivity index (χ2n) is 6.54. The van der Waals surface area contributed by atoms with Crippen molar-refractivity contribution in [2.24, 2.45) is 5.92 Å². The zero-order valence-corrected chi connectivity index (χ0v) is 15.2. The van der Waals surface area contributed by atoms with Gasteiger partial charge in [0.1, 0.15) is 6.04 Å². The van der Waals surface area contributed by atoms with Crippen LogP contribution in [0, 0.1) is 5.92 Å². The number of thioether (sulfide) groups is 1. The Morgan fingerprint density at radius 1 is 1.28 bits per heavy atom. The van der Waals surface area contributed by atoms with Gasteiger partial charge in [-0.3, -0.25) is 14.5 Å². The van der Waals surface area contributed by atoms with Crippen LogP contribution in [-0.2, 0) is 9.59 Å². The first-order valence-corrected chi connectivity index (χ1v) is 9.59. The second-order valence-corrected chi connectivity index (χ2v) is 7.76. The predicted octanol–water partition coefficient (Wildman–Crippen LogP) is 2.94. The number of carbonyl (C=O) groups excluding carboxylic acids is 1. The third-order valence-corrected chi connectivity index (χ3v) is 5.39. The van der Waals surface area contributed by atoms with Gasteiger partial charge in [0.2, 0.25) is 5.91 Å². The van der Waals surface area contributed by atoms with Crippen molar-refractivity contribution in [2.75, 3.05) is 29.9 Å². The molecule has 3 rings (SSSR count). The normalized spacial score (nSPS) is 16.9. The lowest BCUT2D eigenvalue weighted by molar-refractivity contribution is -0.143. The number of nitrogens with zero attached hydrogens (tertiary/aromatic N) is 1. The van der Waals surface area contributed by atoms with Crippen molar-refractivity contribution in [2.45, 2.75) is 19.9 Å². The molecule has 1 atom stereocenters. The highest BCUT2D eigenvalue weighted by molar-refractivity contribution is 7.99. The van der Waals surface area contributed by atoms with Crippen LogP contribution in [0.1, 0.15) is 25.5 Å². The SMILES string of the molecule is CC(C)C(=O)Nc1ccc2c([C@@H](C(=O)O)N3CCSCC3)c[nH]c2c1. The molecule has 2 aromatic rings. The minimum absolute atomic E-state index is 0.0413. The fraction of sp³-hybridized carbons (Fsp3) is 0.444. The summed E-state index contributed by atoms with van der Waals surface area (Å²) in [6.45, 7) is 5.23. The molecule has 1 aromatic heterocycles. The molecule has 25 heavy (non-hydrogen) atoms. The van der Waals surface area contributed by atoms with E-state index < -0.39 is 12.0 Å². The van der Waals surface area contributed by atoms with Gasteiger partial charge >= 0.3 is 5.97 Å². The molecule has 0 aliphatic carbocycles. The Morgan fingerprint density at radius 2 is 2.00 bits per heavy atom. The average molecular weight is 361 g/mol. The van der Waals surface area contributed by atoms with Crippen molar-refractivity contribution in [3.05, 3.63) is 30.0 Å². The van der Waals surface area contributed by atoms with Crippen LogP contribution in [-0.4, -0.2) is 51.5 Å². The van der Waals surface area contributed by atoms with Crippen LogP contribution in [0.4, 0.5) is 5.69 Å². The largest absolute Gasteiger partial charge is 0.480 e. The van der Waals surface area contributed by atoms with E-state index in [1.807, 2.05) is 48.7 Å². The average Bonchev–Trinajstić information content (AvgIpc) is 2.98. The Labute approximate surface area is 151 Å². The summed E-state index contributed by atoms with van der Waals surface area (Å²) >= 11 is 1.86. The summed E-state index contributed by atoms with van der Waals surface area (Å²) in [5.41, 5.74) is 2.31.